The third-order valence-electron chi connectivity index (χ3n) is 3.30. The number of nitrogens with one attached hydrogen (secondary N) is 1. The number of hydrogen-bond acceptors (Lipinski definition) is 3. The summed E-state index contributed by atoms with van der Waals surface area (Å²) in [4.78, 5) is 5.32. The minimum Gasteiger partial charge on any atom is -0.312 e. The highest BCUT2D eigenvalue weighted by Gasteiger charge is 2.21. The molecule has 2 aromatic heterocycles. The van der Waals surface area contributed by atoms with E-state index < -0.39 is 17.7 Å². The van der Waals surface area contributed by atoms with Crippen LogP contribution in [0.4, 0.5) is 8.78 Å². The first kappa shape index (κ1) is 14.6. The van der Waals surface area contributed by atoms with Crippen LogP contribution in [-0.4, -0.2) is 16.4 Å². The van der Waals surface area contributed by atoms with Crippen LogP contribution < -0.4 is 5.32 Å². The monoisotopic (exact) mass is 371 g/mol. The Bertz CT molecular complexity index is 732. The van der Waals surface area contributed by atoms with Crippen molar-refractivity contribution in [2.24, 2.45) is 0 Å². The van der Waals surface area contributed by atoms with Gasteiger partial charge in [-0.2, -0.15) is 0 Å². The number of imidazole rings is 1. The van der Waals surface area contributed by atoms with Crippen molar-refractivity contribution in [3.8, 4) is 0 Å². The average molecular weight is 372 g/mol. The number of likely N-dealkylation sites (N-methyl/N-ethyl adjacent to an activating group) is 1. The zero-order chi connectivity index (χ0) is 15.0. The molecule has 0 saturated heterocycles. The Morgan fingerprint density at radius 2 is 2.10 bits per heavy atom. The maximum atomic E-state index is 14.1. The van der Waals surface area contributed by atoms with E-state index in [2.05, 4.69) is 26.2 Å². The third-order valence-corrected chi connectivity index (χ3v) is 4.53. The van der Waals surface area contributed by atoms with Gasteiger partial charge >= 0.3 is 0 Å². The van der Waals surface area contributed by atoms with Crippen LogP contribution in [0, 0.1) is 11.6 Å². The Morgan fingerprint density at radius 1 is 1.38 bits per heavy atom. The Kier molecular flexibility index (Phi) is 4.05. The van der Waals surface area contributed by atoms with Crippen molar-refractivity contribution in [2.75, 3.05) is 7.05 Å². The smallest absolute Gasteiger partial charge is 0.193 e. The Balaban J connectivity index is 1.93. The van der Waals surface area contributed by atoms with Crippen LogP contribution >= 0.6 is 27.3 Å². The molecule has 1 unspecified atom stereocenters. The lowest BCUT2D eigenvalue weighted by Crippen LogP contribution is -2.21. The number of thiazole rings is 1. The first-order valence-electron chi connectivity index (χ1n) is 6.31. The molecule has 0 saturated carbocycles. The average Bonchev–Trinajstić information content (AvgIpc) is 2.96. The SMILES string of the molecule is CNC(Cc1cn2ccsc2n1)c1c(F)cc(Br)cc1F. The summed E-state index contributed by atoms with van der Waals surface area (Å²) in [6.45, 7) is 0. The van der Waals surface area contributed by atoms with Crippen LogP contribution in [-0.2, 0) is 6.42 Å². The van der Waals surface area contributed by atoms with Gasteiger partial charge in [0.05, 0.1) is 5.69 Å². The van der Waals surface area contributed by atoms with Gasteiger partial charge in [-0.1, -0.05) is 15.9 Å². The summed E-state index contributed by atoms with van der Waals surface area (Å²) >= 11 is 4.61. The van der Waals surface area contributed by atoms with Gasteiger partial charge in [-0.15, -0.1) is 11.3 Å². The van der Waals surface area contributed by atoms with E-state index in [-0.39, 0.29) is 5.56 Å². The van der Waals surface area contributed by atoms with Crippen LogP contribution in [0.1, 0.15) is 17.3 Å². The topological polar surface area (TPSA) is 29.3 Å². The molecule has 3 aromatic rings. The van der Waals surface area contributed by atoms with Crippen LogP contribution in [0.15, 0.2) is 34.4 Å². The van der Waals surface area contributed by atoms with E-state index in [1.54, 1.807) is 7.05 Å². The van der Waals surface area contributed by atoms with Crippen molar-refractivity contribution in [2.45, 2.75) is 12.5 Å². The van der Waals surface area contributed by atoms with E-state index in [0.717, 1.165) is 10.7 Å². The number of aromatic nitrogens is 2. The van der Waals surface area contributed by atoms with Gasteiger partial charge in [0.15, 0.2) is 4.96 Å². The van der Waals surface area contributed by atoms with Gasteiger partial charge in [0.25, 0.3) is 0 Å². The third kappa shape index (κ3) is 2.86. The summed E-state index contributed by atoms with van der Waals surface area (Å²) in [7, 11) is 1.68. The van der Waals surface area contributed by atoms with Gasteiger partial charge in [0.2, 0.25) is 0 Å². The van der Waals surface area contributed by atoms with E-state index in [9.17, 15) is 8.78 Å². The van der Waals surface area contributed by atoms with Crippen molar-refractivity contribution in [1.82, 2.24) is 14.7 Å². The van der Waals surface area contributed by atoms with Crippen LogP contribution in [0.3, 0.4) is 0 Å². The number of rotatable bonds is 4. The fourth-order valence-corrected chi connectivity index (χ4v) is 3.44. The van der Waals surface area contributed by atoms with Crippen molar-refractivity contribution in [3.63, 3.8) is 0 Å². The largest absolute Gasteiger partial charge is 0.312 e. The molecule has 0 aliphatic carbocycles. The number of benzene rings is 1. The van der Waals surface area contributed by atoms with Crippen LogP contribution in [0.5, 0.6) is 0 Å². The van der Waals surface area contributed by atoms with Crippen molar-refractivity contribution in [1.29, 1.82) is 0 Å². The lowest BCUT2D eigenvalue weighted by molar-refractivity contribution is 0.486. The molecule has 3 nitrogen and oxygen atoms in total. The molecule has 0 aliphatic rings. The number of fused-ring (bicyclic) bond motifs is 1. The zero-order valence-electron chi connectivity index (χ0n) is 11.1. The van der Waals surface area contributed by atoms with Crippen molar-refractivity contribution in [3.05, 3.63) is 57.3 Å². The summed E-state index contributed by atoms with van der Waals surface area (Å²) in [5.41, 5.74) is 0.833. The summed E-state index contributed by atoms with van der Waals surface area (Å²) in [5.74, 6) is -1.13. The molecule has 1 N–H and O–H groups in total. The lowest BCUT2D eigenvalue weighted by Gasteiger charge is -2.17. The summed E-state index contributed by atoms with van der Waals surface area (Å²) in [5, 5.41) is 4.90. The molecule has 0 spiro atoms. The van der Waals surface area contributed by atoms with Gasteiger partial charge in [-0.3, -0.25) is 4.40 Å². The van der Waals surface area contributed by atoms with E-state index in [1.165, 1.54) is 23.5 Å². The van der Waals surface area contributed by atoms with Gasteiger partial charge in [-0.25, -0.2) is 13.8 Å². The highest BCUT2D eigenvalue weighted by Crippen LogP contribution is 2.27. The molecule has 0 fully saturated rings. The minimum atomic E-state index is -0.567. The molecule has 21 heavy (non-hydrogen) atoms. The fourth-order valence-electron chi connectivity index (χ4n) is 2.32. The van der Waals surface area contributed by atoms with E-state index in [4.69, 9.17) is 0 Å². The quantitative estimate of drug-likeness (QED) is 0.752. The Labute approximate surface area is 132 Å². The molecule has 1 aromatic carbocycles. The van der Waals surface area contributed by atoms with Crippen molar-refractivity contribution >= 4 is 32.2 Å². The lowest BCUT2D eigenvalue weighted by atomic mass is 10.0. The minimum absolute atomic E-state index is 0.0389. The maximum Gasteiger partial charge on any atom is 0.193 e. The van der Waals surface area contributed by atoms with E-state index >= 15 is 0 Å². The molecule has 0 bridgehead atoms. The molecule has 7 heteroatoms. The molecule has 0 aliphatic heterocycles. The maximum absolute atomic E-state index is 14.1. The Morgan fingerprint density at radius 3 is 2.71 bits per heavy atom. The normalized spacial score (nSPS) is 13.0. The molecule has 0 amide bonds. The van der Waals surface area contributed by atoms with Crippen molar-refractivity contribution < 1.29 is 8.78 Å². The van der Waals surface area contributed by atoms with Gasteiger partial charge < -0.3 is 5.32 Å². The fraction of sp³-hybridized carbons (Fsp3) is 0.214. The van der Waals surface area contributed by atoms with Crippen LogP contribution in [0.2, 0.25) is 0 Å². The summed E-state index contributed by atoms with van der Waals surface area (Å²) in [6.07, 6.45) is 4.21. The zero-order valence-corrected chi connectivity index (χ0v) is 13.5. The number of hydrogen-bond donors (Lipinski definition) is 1. The summed E-state index contributed by atoms with van der Waals surface area (Å²) in [6, 6.07) is 2.07. The molecule has 3 rings (SSSR count). The second-order valence-electron chi connectivity index (χ2n) is 4.65. The molecule has 0 radical (unpaired) electrons. The predicted octanol–water partition coefficient (Wildman–Crippen LogP) is 3.94. The summed E-state index contributed by atoms with van der Waals surface area (Å²) < 4.78 is 30.4. The Hall–Kier alpha value is -1.31. The number of nitrogens with zero attached hydrogens (tertiary/aromatic N) is 2. The molecular formula is C14H12BrF2N3S. The van der Waals surface area contributed by atoms with Crippen LogP contribution in [0.25, 0.3) is 4.96 Å². The highest BCUT2D eigenvalue weighted by molar-refractivity contribution is 9.10. The first-order valence-corrected chi connectivity index (χ1v) is 7.98. The standard InChI is InChI=1S/C14H12BrF2N3S/c1-18-12(13-10(16)4-8(15)5-11(13)17)6-9-7-20-2-3-21-14(20)19-9/h2-5,7,12,18H,6H2,1H3. The van der Waals surface area contributed by atoms with Gasteiger partial charge in [0.1, 0.15) is 11.6 Å². The van der Waals surface area contributed by atoms with E-state index in [0.29, 0.717) is 10.9 Å². The van der Waals surface area contributed by atoms with Gasteiger partial charge in [0, 0.05) is 40.3 Å². The highest BCUT2D eigenvalue weighted by atomic mass is 79.9. The molecule has 1 atom stereocenters. The molecular weight excluding hydrogens is 360 g/mol. The van der Waals surface area contributed by atoms with Gasteiger partial charge in [-0.05, 0) is 19.2 Å². The number of halogens is 3. The second kappa shape index (κ2) is 5.82. The molecule has 110 valence electrons. The predicted molar refractivity (Wildman–Crippen MR) is 82.6 cm³/mol. The second-order valence-corrected chi connectivity index (χ2v) is 6.44. The van der Waals surface area contributed by atoms with E-state index in [1.807, 2.05) is 22.2 Å². The first-order chi connectivity index (χ1) is 10.1. The molecule has 2 heterocycles.